The molecule has 0 amide bonds. The van der Waals surface area contributed by atoms with Crippen molar-refractivity contribution >= 4 is 29.2 Å². The first-order valence-corrected chi connectivity index (χ1v) is 4.59. The van der Waals surface area contributed by atoms with Crippen LogP contribution < -0.4 is 10.2 Å². The minimum Gasteiger partial charge on any atom is -0.497 e. The predicted octanol–water partition coefficient (Wildman–Crippen LogP) is 0.848. The Labute approximate surface area is 76.3 Å². The van der Waals surface area contributed by atoms with Gasteiger partial charge < -0.3 is 4.74 Å². The van der Waals surface area contributed by atoms with Crippen LogP contribution in [0.3, 0.4) is 0 Å². The molecule has 0 bridgehead atoms. The minimum absolute atomic E-state index is 0.901. The van der Waals surface area contributed by atoms with Gasteiger partial charge in [-0.2, -0.15) is 0 Å². The van der Waals surface area contributed by atoms with E-state index in [1.54, 1.807) is 7.11 Å². The summed E-state index contributed by atoms with van der Waals surface area (Å²) >= 11 is 3.40. The van der Waals surface area contributed by atoms with Gasteiger partial charge in [0.1, 0.15) is 13.6 Å². The summed E-state index contributed by atoms with van der Waals surface area (Å²) in [7, 11) is 3.74. The fourth-order valence-electron chi connectivity index (χ4n) is 1.02. The highest BCUT2D eigenvalue weighted by atomic mass is 79.9. The molecule has 0 saturated heterocycles. The van der Waals surface area contributed by atoms with Gasteiger partial charge in [0.15, 0.2) is 0 Å². The molecule has 0 aliphatic rings. The van der Waals surface area contributed by atoms with Crippen LogP contribution in [0, 0.1) is 0 Å². The number of hydrogen-bond acceptors (Lipinski definition) is 1. The Morgan fingerprint density at radius 1 is 1.55 bits per heavy atom. The molecule has 0 spiro atoms. The Morgan fingerprint density at radius 2 is 2.27 bits per heavy atom. The Bertz CT molecular complexity index is 250. The van der Waals surface area contributed by atoms with Gasteiger partial charge in [-0.05, 0) is 17.1 Å². The first-order valence-electron chi connectivity index (χ1n) is 3.47. The summed E-state index contributed by atoms with van der Waals surface area (Å²) < 4.78 is 5.13. The third kappa shape index (κ3) is 1.99. The first-order chi connectivity index (χ1) is 5.27. The lowest BCUT2D eigenvalue weighted by Crippen LogP contribution is -2.07. The van der Waals surface area contributed by atoms with E-state index in [0.29, 0.717) is 0 Å². The van der Waals surface area contributed by atoms with Crippen LogP contribution in [0.5, 0.6) is 5.75 Å². The number of rotatable bonds is 2. The molecule has 3 heteroatoms. The second kappa shape index (κ2) is 3.81. The van der Waals surface area contributed by atoms with E-state index < -0.39 is 0 Å². The highest BCUT2D eigenvalue weighted by Crippen LogP contribution is 2.09. The molecule has 1 nitrogen and oxygen atoms in total. The smallest absolute Gasteiger partial charge is 0.144 e. The van der Waals surface area contributed by atoms with Gasteiger partial charge in [0.2, 0.25) is 0 Å². The number of alkyl halides is 1. The van der Waals surface area contributed by atoms with Crippen molar-refractivity contribution in [2.45, 2.75) is 5.33 Å². The van der Waals surface area contributed by atoms with E-state index in [0.717, 1.165) is 11.1 Å². The molecular formula is C8H10BBrO. The summed E-state index contributed by atoms with van der Waals surface area (Å²) in [6, 6.07) is 6.17. The van der Waals surface area contributed by atoms with Crippen molar-refractivity contribution in [3.8, 4) is 5.75 Å². The van der Waals surface area contributed by atoms with E-state index in [9.17, 15) is 0 Å². The maximum absolute atomic E-state index is 5.13. The molecule has 0 unspecified atom stereocenters. The van der Waals surface area contributed by atoms with Crippen LogP contribution in [0.15, 0.2) is 18.2 Å². The summed E-state index contributed by atoms with van der Waals surface area (Å²) in [5.74, 6) is 0.953. The van der Waals surface area contributed by atoms with E-state index in [1.165, 1.54) is 11.0 Å². The number of hydrogen-bond donors (Lipinski definition) is 0. The van der Waals surface area contributed by atoms with Crippen LogP contribution in [0.25, 0.3) is 0 Å². The molecule has 0 atom stereocenters. The first kappa shape index (κ1) is 8.66. The molecule has 0 fully saturated rings. The fourth-order valence-corrected chi connectivity index (χ4v) is 1.37. The van der Waals surface area contributed by atoms with Crippen LogP contribution in [0.4, 0.5) is 0 Å². The van der Waals surface area contributed by atoms with E-state index in [1.807, 2.05) is 13.9 Å². The van der Waals surface area contributed by atoms with Crippen molar-refractivity contribution in [2.24, 2.45) is 0 Å². The van der Waals surface area contributed by atoms with Crippen LogP contribution in [0.2, 0.25) is 0 Å². The number of benzene rings is 1. The highest BCUT2D eigenvalue weighted by molar-refractivity contribution is 9.08. The van der Waals surface area contributed by atoms with Crippen molar-refractivity contribution in [2.75, 3.05) is 7.11 Å². The van der Waals surface area contributed by atoms with Gasteiger partial charge in [0.25, 0.3) is 0 Å². The van der Waals surface area contributed by atoms with Crippen molar-refractivity contribution in [1.29, 1.82) is 0 Å². The van der Waals surface area contributed by atoms with E-state index >= 15 is 0 Å². The topological polar surface area (TPSA) is 9.23 Å². The highest BCUT2D eigenvalue weighted by Gasteiger charge is 1.97. The Kier molecular flexibility index (Phi) is 3.00. The molecule has 0 heterocycles. The molecule has 0 aliphatic carbocycles. The predicted molar refractivity (Wildman–Crippen MR) is 53.8 cm³/mol. The van der Waals surface area contributed by atoms with Crippen molar-refractivity contribution in [3.05, 3.63) is 23.8 Å². The molecule has 0 saturated carbocycles. The summed E-state index contributed by atoms with van der Waals surface area (Å²) in [5, 5.41) is 0.901. The van der Waals surface area contributed by atoms with Crippen LogP contribution >= 0.6 is 15.9 Å². The molecule has 0 aliphatic heterocycles. The van der Waals surface area contributed by atoms with Crippen molar-refractivity contribution in [3.63, 3.8) is 0 Å². The third-order valence-corrected chi connectivity index (χ3v) is 2.26. The van der Waals surface area contributed by atoms with Gasteiger partial charge in [-0.25, -0.2) is 0 Å². The van der Waals surface area contributed by atoms with E-state index in [-0.39, 0.29) is 0 Å². The quantitative estimate of drug-likeness (QED) is 0.522. The molecule has 1 aromatic carbocycles. The average molecular weight is 213 g/mol. The second-order valence-corrected chi connectivity index (χ2v) is 3.00. The molecular weight excluding hydrogens is 203 g/mol. The van der Waals surface area contributed by atoms with Gasteiger partial charge in [0, 0.05) is 5.33 Å². The number of methoxy groups -OCH3 is 1. The fraction of sp³-hybridized carbons (Fsp3) is 0.250. The molecule has 0 N–H and O–H groups in total. The maximum atomic E-state index is 5.13. The number of halogens is 1. The van der Waals surface area contributed by atoms with E-state index in [2.05, 4.69) is 28.1 Å². The summed E-state index contributed by atoms with van der Waals surface area (Å²) in [6.45, 7) is 0. The lowest BCUT2D eigenvalue weighted by molar-refractivity contribution is 0.418. The molecule has 0 radical (unpaired) electrons. The zero-order valence-corrected chi connectivity index (χ0v) is 8.31. The van der Waals surface area contributed by atoms with Gasteiger partial charge in [-0.1, -0.05) is 28.1 Å². The molecule has 58 valence electrons. The van der Waals surface area contributed by atoms with Crippen LogP contribution in [0.1, 0.15) is 5.56 Å². The Hall–Kier alpha value is -0.435. The summed E-state index contributed by atoms with van der Waals surface area (Å²) in [4.78, 5) is 0. The standard InChI is InChI=1S/C8H10BBrO/c1-11-8-3-2-6(5-10)4-7(8)9/h2-4H,5,9H2,1H3. The van der Waals surface area contributed by atoms with E-state index in [4.69, 9.17) is 4.74 Å². The van der Waals surface area contributed by atoms with Crippen LogP contribution in [-0.2, 0) is 5.33 Å². The SMILES string of the molecule is Bc1cc(CBr)ccc1OC. The maximum Gasteiger partial charge on any atom is 0.144 e. The zero-order chi connectivity index (χ0) is 8.27. The Morgan fingerprint density at radius 3 is 2.73 bits per heavy atom. The minimum atomic E-state index is 0.901. The number of ether oxygens (including phenoxy) is 1. The largest absolute Gasteiger partial charge is 0.497 e. The van der Waals surface area contributed by atoms with Crippen molar-refractivity contribution < 1.29 is 4.74 Å². The van der Waals surface area contributed by atoms with Crippen molar-refractivity contribution in [1.82, 2.24) is 0 Å². The zero-order valence-electron chi connectivity index (χ0n) is 6.73. The molecule has 1 aromatic rings. The third-order valence-electron chi connectivity index (χ3n) is 1.61. The van der Waals surface area contributed by atoms with Crippen LogP contribution in [-0.4, -0.2) is 15.0 Å². The lowest BCUT2D eigenvalue weighted by atomic mass is 9.93. The second-order valence-electron chi connectivity index (χ2n) is 2.44. The molecule has 1 rings (SSSR count). The molecule has 0 aromatic heterocycles. The average Bonchev–Trinajstić information content (AvgIpc) is 2.04. The van der Waals surface area contributed by atoms with Gasteiger partial charge in [0.05, 0.1) is 7.11 Å². The van der Waals surface area contributed by atoms with Gasteiger partial charge in [-0.15, -0.1) is 0 Å². The monoisotopic (exact) mass is 212 g/mol. The lowest BCUT2D eigenvalue weighted by Gasteiger charge is -2.04. The van der Waals surface area contributed by atoms with Gasteiger partial charge in [-0.3, -0.25) is 0 Å². The van der Waals surface area contributed by atoms with Gasteiger partial charge >= 0.3 is 0 Å². The Balaban J connectivity index is 2.99. The summed E-state index contributed by atoms with van der Waals surface area (Å²) in [6.07, 6.45) is 0. The normalized spacial score (nSPS) is 9.64. The summed E-state index contributed by atoms with van der Waals surface area (Å²) in [5.41, 5.74) is 2.47. The molecule has 11 heavy (non-hydrogen) atoms.